The summed E-state index contributed by atoms with van der Waals surface area (Å²) < 4.78 is 23.0. The van der Waals surface area contributed by atoms with Crippen molar-refractivity contribution in [1.82, 2.24) is 5.32 Å². The molecule has 1 saturated heterocycles. The van der Waals surface area contributed by atoms with Crippen LogP contribution in [0.5, 0.6) is 17.2 Å². The molecule has 2 aromatic carbocycles. The second kappa shape index (κ2) is 13.3. The van der Waals surface area contributed by atoms with Crippen molar-refractivity contribution in [3.05, 3.63) is 69.9 Å². The highest BCUT2D eigenvalue weighted by Crippen LogP contribution is 2.38. The number of benzene rings is 2. The number of aldehydes is 1. The highest BCUT2D eigenvalue weighted by Gasteiger charge is 2.39. The van der Waals surface area contributed by atoms with Crippen molar-refractivity contribution in [3.8, 4) is 17.2 Å². The highest BCUT2D eigenvalue weighted by molar-refractivity contribution is 7.75. The fourth-order valence-electron chi connectivity index (χ4n) is 4.53. The van der Waals surface area contributed by atoms with Crippen molar-refractivity contribution < 1.29 is 38.2 Å². The van der Waals surface area contributed by atoms with Crippen LogP contribution in [0.2, 0.25) is 0 Å². The van der Waals surface area contributed by atoms with Crippen molar-refractivity contribution in [2.45, 2.75) is 71.9 Å². The third kappa shape index (κ3) is 7.18. The molecular formula is C30H37NO8S. The van der Waals surface area contributed by atoms with Crippen LogP contribution in [-0.2, 0) is 20.7 Å². The summed E-state index contributed by atoms with van der Waals surface area (Å²) in [6, 6.07) is 7.50. The lowest BCUT2D eigenvalue weighted by Crippen LogP contribution is -2.49. The lowest BCUT2D eigenvalue weighted by molar-refractivity contribution is -0.233. The number of aromatic hydroxyl groups is 1. The second-order valence-electron chi connectivity index (χ2n) is 10.4. The number of hydrogen-bond donors (Lipinski definition) is 4. The Labute approximate surface area is 240 Å². The Morgan fingerprint density at radius 2 is 1.95 bits per heavy atom. The molecule has 3 rings (SSSR count). The van der Waals surface area contributed by atoms with E-state index in [0.717, 1.165) is 12.0 Å². The zero-order chi connectivity index (χ0) is 29.6. The van der Waals surface area contributed by atoms with Gasteiger partial charge in [-0.05, 0) is 83.4 Å². The molecule has 3 N–H and O–H groups in total. The lowest BCUT2D eigenvalue weighted by atomic mass is 9.94. The van der Waals surface area contributed by atoms with E-state index in [2.05, 4.69) is 18.2 Å². The molecule has 0 aromatic heterocycles. The SMILES string of the molecule is COC1CCC(Oc2ccc(/C(O)=C(\C=O)NC(=O)c3ccc(O)c(CC=C(C)C)c3)c(OS)c2C)OC1(C)C. The van der Waals surface area contributed by atoms with Crippen LogP contribution in [-0.4, -0.2) is 47.5 Å². The van der Waals surface area contributed by atoms with Crippen molar-refractivity contribution in [3.63, 3.8) is 0 Å². The van der Waals surface area contributed by atoms with Gasteiger partial charge in [0.05, 0.1) is 17.3 Å². The van der Waals surface area contributed by atoms with Gasteiger partial charge in [-0.1, -0.05) is 11.6 Å². The van der Waals surface area contributed by atoms with Crippen LogP contribution in [0.4, 0.5) is 0 Å². The number of rotatable bonds is 10. The minimum absolute atomic E-state index is 0.0529. The van der Waals surface area contributed by atoms with E-state index in [1.54, 1.807) is 20.1 Å². The van der Waals surface area contributed by atoms with Gasteiger partial charge in [0.15, 0.2) is 17.8 Å². The maximum Gasteiger partial charge on any atom is 0.255 e. The molecule has 216 valence electrons. The number of ether oxygens (including phenoxy) is 3. The van der Waals surface area contributed by atoms with E-state index >= 15 is 0 Å². The maximum absolute atomic E-state index is 12.9. The Morgan fingerprint density at radius 1 is 1.23 bits per heavy atom. The van der Waals surface area contributed by atoms with Crippen molar-refractivity contribution in [1.29, 1.82) is 0 Å². The summed E-state index contributed by atoms with van der Waals surface area (Å²) in [5.41, 5.74) is 1.54. The van der Waals surface area contributed by atoms with E-state index in [0.29, 0.717) is 36.0 Å². The summed E-state index contributed by atoms with van der Waals surface area (Å²) in [5.74, 6) is -0.503. The number of hydrogen-bond acceptors (Lipinski definition) is 9. The quantitative estimate of drug-likeness (QED) is 0.0726. The number of carbonyl (C=O) groups excluding carboxylic acids is 2. The Kier molecular flexibility index (Phi) is 10.3. The number of amides is 1. The van der Waals surface area contributed by atoms with Crippen molar-refractivity contribution >= 4 is 30.9 Å². The Balaban J connectivity index is 1.86. The van der Waals surface area contributed by atoms with Gasteiger partial charge in [0, 0.05) is 37.6 Å². The summed E-state index contributed by atoms with van der Waals surface area (Å²) in [7, 11) is 1.65. The predicted octanol–water partition coefficient (Wildman–Crippen LogP) is 5.60. The fourth-order valence-corrected chi connectivity index (χ4v) is 4.76. The molecule has 40 heavy (non-hydrogen) atoms. The third-order valence-electron chi connectivity index (χ3n) is 6.81. The number of thiol groups is 1. The molecule has 1 aliphatic rings. The number of aliphatic hydroxyl groups excluding tert-OH is 1. The average molecular weight is 572 g/mol. The van der Waals surface area contributed by atoms with Crippen LogP contribution in [0.25, 0.3) is 5.76 Å². The number of methoxy groups -OCH3 is 1. The molecule has 2 unspecified atom stereocenters. The summed E-state index contributed by atoms with van der Waals surface area (Å²) >= 11 is 3.95. The van der Waals surface area contributed by atoms with Crippen LogP contribution in [0, 0.1) is 6.92 Å². The fraction of sp³-hybridized carbons (Fsp3) is 0.400. The third-order valence-corrected chi connectivity index (χ3v) is 7.00. The van der Waals surface area contributed by atoms with E-state index in [1.807, 2.05) is 33.8 Å². The van der Waals surface area contributed by atoms with Crippen LogP contribution in [0.1, 0.15) is 67.6 Å². The molecule has 0 radical (unpaired) electrons. The predicted molar refractivity (Wildman–Crippen MR) is 155 cm³/mol. The lowest BCUT2D eigenvalue weighted by Gasteiger charge is -2.41. The van der Waals surface area contributed by atoms with Crippen molar-refractivity contribution in [2.24, 2.45) is 0 Å². The zero-order valence-electron chi connectivity index (χ0n) is 23.6. The Morgan fingerprint density at radius 3 is 2.55 bits per heavy atom. The number of aliphatic hydroxyl groups is 1. The number of nitrogens with one attached hydrogen (secondary N) is 1. The smallest absolute Gasteiger partial charge is 0.255 e. The summed E-state index contributed by atoms with van der Waals surface area (Å²) in [4.78, 5) is 24.9. The van der Waals surface area contributed by atoms with E-state index in [-0.39, 0.29) is 34.4 Å². The number of phenols is 1. The van der Waals surface area contributed by atoms with Crippen LogP contribution < -0.4 is 14.2 Å². The molecule has 2 aromatic rings. The van der Waals surface area contributed by atoms with Gasteiger partial charge in [0.25, 0.3) is 5.91 Å². The molecule has 0 saturated carbocycles. The van der Waals surface area contributed by atoms with E-state index in [1.165, 1.54) is 24.3 Å². The Bertz CT molecular complexity index is 1310. The first-order valence-corrected chi connectivity index (χ1v) is 13.3. The topological polar surface area (TPSA) is 124 Å². The molecule has 0 spiro atoms. The van der Waals surface area contributed by atoms with Gasteiger partial charge in [-0.15, -0.1) is 0 Å². The zero-order valence-corrected chi connectivity index (χ0v) is 24.5. The summed E-state index contributed by atoms with van der Waals surface area (Å²) in [5, 5.41) is 23.6. The number of carbonyl (C=O) groups is 2. The summed E-state index contributed by atoms with van der Waals surface area (Å²) in [6.45, 7) is 9.46. The van der Waals surface area contributed by atoms with Crippen LogP contribution in [0.15, 0.2) is 47.7 Å². The molecular weight excluding hydrogens is 534 g/mol. The van der Waals surface area contributed by atoms with Gasteiger partial charge in [-0.3, -0.25) is 9.59 Å². The largest absolute Gasteiger partial charge is 0.508 e. The second-order valence-corrected chi connectivity index (χ2v) is 10.6. The maximum atomic E-state index is 12.9. The minimum Gasteiger partial charge on any atom is -0.508 e. The van der Waals surface area contributed by atoms with Crippen LogP contribution >= 0.6 is 12.9 Å². The molecule has 0 bridgehead atoms. The van der Waals surface area contributed by atoms with E-state index < -0.39 is 23.6 Å². The van der Waals surface area contributed by atoms with Gasteiger partial charge in [-0.25, -0.2) is 0 Å². The normalized spacial score (nSPS) is 18.8. The molecule has 1 aliphatic heterocycles. The first-order chi connectivity index (χ1) is 18.9. The monoisotopic (exact) mass is 571 g/mol. The highest BCUT2D eigenvalue weighted by atomic mass is 32.1. The average Bonchev–Trinajstić information content (AvgIpc) is 2.91. The van der Waals surface area contributed by atoms with Gasteiger partial charge >= 0.3 is 0 Å². The van der Waals surface area contributed by atoms with Gasteiger partial charge < -0.3 is 33.9 Å². The molecule has 0 aliphatic carbocycles. The minimum atomic E-state index is -0.636. The van der Waals surface area contributed by atoms with Gasteiger partial charge in [0.1, 0.15) is 17.2 Å². The van der Waals surface area contributed by atoms with E-state index in [9.17, 15) is 19.8 Å². The molecule has 10 heteroatoms. The molecule has 2 atom stereocenters. The number of allylic oxidation sites excluding steroid dienone is 3. The first kappa shape index (κ1) is 31.1. The first-order valence-electron chi connectivity index (χ1n) is 12.9. The number of phenolic OH excluding ortho intramolecular Hbond substituents is 1. The standard InChI is InChI=1S/C30H37NO8S/c1-17(2)7-8-19-15-20(9-11-23(19)33)29(35)31-22(16-32)27(34)21-10-12-24(18(3)28(21)39-40)37-26-14-13-25(36-6)30(4,5)38-26/h7,9-12,15-16,25-26,33-34,40H,8,13-14H2,1-6H3,(H,31,35)/b27-22-. The Hall–Kier alpha value is -3.47. The molecule has 1 heterocycles. The van der Waals surface area contributed by atoms with Crippen molar-refractivity contribution in [2.75, 3.05) is 7.11 Å². The molecule has 1 amide bonds. The van der Waals surface area contributed by atoms with Gasteiger partial charge in [-0.2, -0.15) is 0 Å². The molecule has 9 nitrogen and oxygen atoms in total. The van der Waals surface area contributed by atoms with Gasteiger partial charge in [0.2, 0.25) is 6.29 Å². The summed E-state index contributed by atoms with van der Waals surface area (Å²) in [6.07, 6.45) is 3.47. The molecule has 1 fully saturated rings. The van der Waals surface area contributed by atoms with E-state index in [4.69, 9.17) is 18.4 Å². The van der Waals surface area contributed by atoms with Crippen LogP contribution in [0.3, 0.4) is 0 Å².